The molecule has 1 unspecified atom stereocenters. The quantitative estimate of drug-likeness (QED) is 0.495. The van der Waals surface area contributed by atoms with Crippen molar-refractivity contribution in [2.24, 2.45) is 23.2 Å². The minimum absolute atomic E-state index is 0.0558. The van der Waals surface area contributed by atoms with Crippen molar-refractivity contribution < 1.29 is 23.9 Å². The zero-order valence-electron chi connectivity index (χ0n) is 18.3. The van der Waals surface area contributed by atoms with E-state index in [4.69, 9.17) is 4.74 Å². The summed E-state index contributed by atoms with van der Waals surface area (Å²) in [5, 5.41) is 5.81. The van der Waals surface area contributed by atoms with Gasteiger partial charge in [-0.2, -0.15) is 0 Å². The highest BCUT2D eigenvalue weighted by molar-refractivity contribution is 6.08. The molecule has 0 aromatic carbocycles. The van der Waals surface area contributed by atoms with Crippen LogP contribution >= 0.6 is 0 Å². The van der Waals surface area contributed by atoms with Gasteiger partial charge in [0.25, 0.3) is 11.8 Å². The number of nitrogens with one attached hydrogen (secondary N) is 2. The minimum Gasteiger partial charge on any atom is -0.454 e. The summed E-state index contributed by atoms with van der Waals surface area (Å²) >= 11 is 0. The molecule has 6 fully saturated rings. The van der Waals surface area contributed by atoms with Crippen molar-refractivity contribution in [2.45, 2.75) is 82.7 Å². The van der Waals surface area contributed by atoms with Crippen molar-refractivity contribution in [1.29, 1.82) is 0 Å². The number of hydrogen-bond acceptors (Lipinski definition) is 5. The molecule has 1 spiro atoms. The molecule has 1 saturated heterocycles. The summed E-state index contributed by atoms with van der Waals surface area (Å²) in [7, 11) is 0. The van der Waals surface area contributed by atoms with Crippen molar-refractivity contribution in [2.75, 3.05) is 13.2 Å². The van der Waals surface area contributed by atoms with Crippen molar-refractivity contribution >= 4 is 23.8 Å². The van der Waals surface area contributed by atoms with Crippen LogP contribution in [0, 0.1) is 23.2 Å². The second kappa shape index (κ2) is 7.48. The van der Waals surface area contributed by atoms with Crippen LogP contribution in [0.4, 0.5) is 4.79 Å². The lowest BCUT2D eigenvalue weighted by molar-refractivity contribution is -0.151. The molecule has 0 aromatic rings. The van der Waals surface area contributed by atoms with Gasteiger partial charge in [0.1, 0.15) is 12.1 Å². The standard InChI is InChI=1S/C23H33N3O5/c1-14(22-9-15-6-16(10-22)8-17(7-15)11-22)24-18(27)13-31-19(28)12-26-20(29)23(25-21(26)30)4-2-3-5-23/h14-17H,2-13H2,1H3,(H,24,27)(H,25,30). The minimum atomic E-state index is -0.845. The van der Waals surface area contributed by atoms with Crippen LogP contribution in [0.25, 0.3) is 0 Å². The van der Waals surface area contributed by atoms with E-state index < -0.39 is 24.1 Å². The first-order chi connectivity index (χ1) is 14.8. The number of carbonyl (C=O) groups excluding carboxylic acids is 4. The van der Waals surface area contributed by atoms with E-state index in [2.05, 4.69) is 17.6 Å². The van der Waals surface area contributed by atoms with Crippen molar-refractivity contribution in [3.63, 3.8) is 0 Å². The highest BCUT2D eigenvalue weighted by Gasteiger charge is 2.54. The second-order valence-electron chi connectivity index (χ2n) is 10.8. The zero-order valence-corrected chi connectivity index (χ0v) is 18.3. The van der Waals surface area contributed by atoms with Crippen LogP contribution in [-0.2, 0) is 19.1 Å². The lowest BCUT2D eigenvalue weighted by atomic mass is 9.48. The number of urea groups is 1. The van der Waals surface area contributed by atoms with Gasteiger partial charge in [-0.25, -0.2) is 4.79 Å². The molecule has 4 amide bonds. The maximum Gasteiger partial charge on any atom is 0.326 e. The third-order valence-electron chi connectivity index (χ3n) is 8.74. The lowest BCUT2D eigenvalue weighted by Crippen LogP contribution is -2.56. The van der Waals surface area contributed by atoms with Gasteiger partial charge in [0.05, 0.1) is 0 Å². The van der Waals surface area contributed by atoms with Gasteiger partial charge < -0.3 is 15.4 Å². The number of rotatable bonds is 6. The first-order valence-electron chi connectivity index (χ1n) is 11.9. The van der Waals surface area contributed by atoms with E-state index in [9.17, 15) is 19.2 Å². The molecule has 8 heteroatoms. The Morgan fingerprint density at radius 3 is 2.26 bits per heavy atom. The van der Waals surface area contributed by atoms with Crippen LogP contribution in [0.2, 0.25) is 0 Å². The number of imide groups is 1. The summed E-state index contributed by atoms with van der Waals surface area (Å²) in [6.07, 6.45) is 10.6. The molecule has 5 saturated carbocycles. The van der Waals surface area contributed by atoms with Gasteiger partial charge in [-0.1, -0.05) is 12.8 Å². The van der Waals surface area contributed by atoms with Crippen LogP contribution in [0.15, 0.2) is 0 Å². The first kappa shape index (κ1) is 20.8. The summed E-state index contributed by atoms with van der Waals surface area (Å²) in [4.78, 5) is 50.4. The molecular formula is C23H33N3O5. The smallest absolute Gasteiger partial charge is 0.326 e. The van der Waals surface area contributed by atoms with Crippen LogP contribution in [0.1, 0.15) is 71.1 Å². The third kappa shape index (κ3) is 3.61. The van der Waals surface area contributed by atoms with Gasteiger partial charge >= 0.3 is 12.0 Å². The summed E-state index contributed by atoms with van der Waals surface area (Å²) < 4.78 is 5.11. The predicted octanol–water partition coefficient (Wildman–Crippen LogP) is 2.12. The van der Waals surface area contributed by atoms with E-state index in [0.717, 1.165) is 35.5 Å². The fourth-order valence-electron chi connectivity index (χ4n) is 7.60. The Kier molecular flexibility index (Phi) is 5.01. The van der Waals surface area contributed by atoms with E-state index >= 15 is 0 Å². The van der Waals surface area contributed by atoms with Crippen molar-refractivity contribution in [3.8, 4) is 0 Å². The second-order valence-corrected chi connectivity index (χ2v) is 10.8. The molecule has 5 aliphatic carbocycles. The molecular weight excluding hydrogens is 398 g/mol. The van der Waals surface area contributed by atoms with E-state index in [1.165, 1.54) is 38.5 Å². The van der Waals surface area contributed by atoms with Crippen LogP contribution in [-0.4, -0.2) is 53.4 Å². The first-order valence-corrected chi connectivity index (χ1v) is 11.9. The summed E-state index contributed by atoms with van der Waals surface area (Å²) in [5.74, 6) is 0.992. The van der Waals surface area contributed by atoms with Crippen LogP contribution in [0.5, 0.6) is 0 Å². The molecule has 4 bridgehead atoms. The average molecular weight is 432 g/mol. The number of hydrogen-bond donors (Lipinski definition) is 2. The third-order valence-corrected chi connectivity index (χ3v) is 8.74. The topological polar surface area (TPSA) is 105 Å². The maximum atomic E-state index is 12.6. The Morgan fingerprint density at radius 1 is 1.10 bits per heavy atom. The monoisotopic (exact) mass is 431 g/mol. The zero-order chi connectivity index (χ0) is 21.8. The maximum absolute atomic E-state index is 12.6. The van der Waals surface area contributed by atoms with Gasteiger partial charge in [-0.3, -0.25) is 19.3 Å². The highest BCUT2D eigenvalue weighted by atomic mass is 16.5. The van der Waals surface area contributed by atoms with Gasteiger partial charge in [0.15, 0.2) is 6.61 Å². The van der Waals surface area contributed by atoms with Crippen molar-refractivity contribution in [1.82, 2.24) is 15.5 Å². The summed E-state index contributed by atoms with van der Waals surface area (Å²) in [6.45, 7) is 1.25. The van der Waals surface area contributed by atoms with E-state index in [0.29, 0.717) is 12.8 Å². The number of ether oxygens (including phenoxy) is 1. The molecule has 2 N–H and O–H groups in total. The summed E-state index contributed by atoms with van der Waals surface area (Å²) in [6, 6.07) is -0.496. The molecule has 6 aliphatic rings. The molecule has 6 rings (SSSR count). The van der Waals surface area contributed by atoms with Crippen LogP contribution in [0.3, 0.4) is 0 Å². The number of carbonyl (C=O) groups is 4. The summed E-state index contributed by atoms with van der Waals surface area (Å²) in [5.41, 5.74) is -0.661. The molecule has 1 aliphatic heterocycles. The largest absolute Gasteiger partial charge is 0.454 e. The molecule has 31 heavy (non-hydrogen) atoms. The molecule has 1 atom stereocenters. The Morgan fingerprint density at radius 2 is 1.68 bits per heavy atom. The Labute approximate surface area is 182 Å². The molecule has 8 nitrogen and oxygen atoms in total. The molecule has 1 heterocycles. The predicted molar refractivity (Wildman–Crippen MR) is 111 cm³/mol. The number of amides is 4. The fraction of sp³-hybridized carbons (Fsp3) is 0.826. The Bertz CT molecular complexity index is 768. The molecule has 170 valence electrons. The number of esters is 1. The number of nitrogens with zero attached hydrogens (tertiary/aromatic N) is 1. The Balaban J connectivity index is 1.10. The Hall–Kier alpha value is -2.12. The van der Waals surface area contributed by atoms with Gasteiger partial charge in [0.2, 0.25) is 0 Å². The van der Waals surface area contributed by atoms with E-state index in [1.54, 1.807) is 0 Å². The molecule has 0 radical (unpaired) electrons. The normalized spacial score (nSPS) is 36.0. The van der Waals surface area contributed by atoms with Gasteiger partial charge in [-0.15, -0.1) is 0 Å². The van der Waals surface area contributed by atoms with Gasteiger partial charge in [-0.05, 0) is 81.5 Å². The fourth-order valence-corrected chi connectivity index (χ4v) is 7.60. The van der Waals surface area contributed by atoms with E-state index in [1.807, 2.05) is 0 Å². The highest BCUT2D eigenvalue weighted by Crippen LogP contribution is 2.61. The molecule has 0 aromatic heterocycles. The van der Waals surface area contributed by atoms with E-state index in [-0.39, 0.29) is 29.9 Å². The van der Waals surface area contributed by atoms with Crippen LogP contribution < -0.4 is 10.6 Å². The van der Waals surface area contributed by atoms with Crippen molar-refractivity contribution in [3.05, 3.63) is 0 Å². The lowest BCUT2D eigenvalue weighted by Gasteiger charge is -2.59. The SMILES string of the molecule is CC(NC(=O)COC(=O)CN1C(=O)NC2(CCCC2)C1=O)C12CC3CC(CC(C3)C1)C2. The van der Waals surface area contributed by atoms with Gasteiger partial charge in [0, 0.05) is 6.04 Å². The average Bonchev–Trinajstić information content (AvgIpc) is 3.26.